The molecule has 0 radical (unpaired) electrons. The smallest absolute Gasteiger partial charge is 0.0219 e. The van der Waals surface area contributed by atoms with Gasteiger partial charge in [0.05, 0.1) is 0 Å². The molecule has 1 heteroatoms. The van der Waals surface area contributed by atoms with E-state index in [1.807, 2.05) is 0 Å². The molecule has 0 aromatic carbocycles. The fraction of sp³-hybridized carbons (Fsp3) is 0.750. The lowest BCUT2D eigenvalue weighted by Gasteiger charge is -2.03. The van der Waals surface area contributed by atoms with Gasteiger partial charge in [-0.25, -0.2) is 0 Å². The van der Waals surface area contributed by atoms with Crippen LogP contribution in [0.2, 0.25) is 0 Å². The summed E-state index contributed by atoms with van der Waals surface area (Å²) in [6.45, 7) is 5.64. The van der Waals surface area contributed by atoms with Crippen molar-refractivity contribution in [3.05, 3.63) is 24.0 Å². The highest BCUT2D eigenvalue weighted by Gasteiger charge is 1.94. The van der Waals surface area contributed by atoms with Crippen LogP contribution in [-0.2, 0) is 6.54 Å². The van der Waals surface area contributed by atoms with Crippen LogP contribution >= 0.6 is 0 Å². The van der Waals surface area contributed by atoms with Gasteiger partial charge in [-0.1, -0.05) is 58.3 Å². The molecule has 1 aromatic rings. The zero-order valence-electron chi connectivity index (χ0n) is 11.8. The van der Waals surface area contributed by atoms with E-state index in [2.05, 4.69) is 36.9 Å². The van der Waals surface area contributed by atoms with Crippen LogP contribution in [0.1, 0.15) is 70.3 Å². The van der Waals surface area contributed by atoms with Crippen molar-refractivity contribution in [2.24, 2.45) is 0 Å². The summed E-state index contributed by atoms with van der Waals surface area (Å²) < 4.78 is 2.32. The molecule has 0 spiro atoms. The first-order chi connectivity index (χ1) is 8.33. The summed E-state index contributed by atoms with van der Waals surface area (Å²) in [5.74, 6) is 0. The van der Waals surface area contributed by atoms with Gasteiger partial charge in [-0.2, -0.15) is 0 Å². The van der Waals surface area contributed by atoms with Gasteiger partial charge in [0.2, 0.25) is 0 Å². The molecule has 0 aliphatic heterocycles. The predicted octanol–water partition coefficient (Wildman–Crippen LogP) is 5.33. The third-order valence-electron chi connectivity index (χ3n) is 3.42. The van der Waals surface area contributed by atoms with E-state index < -0.39 is 0 Å². The summed E-state index contributed by atoms with van der Waals surface area (Å²) in [7, 11) is 0. The molecule has 0 unspecified atom stereocenters. The standard InChI is InChI=1S/C16H29N/c1-3-4-5-6-7-8-9-10-11-13-17-14-12-16(2)15-17/h12,14-15H,3-11,13H2,1-2H3. The number of hydrogen-bond donors (Lipinski definition) is 0. The van der Waals surface area contributed by atoms with Crippen molar-refractivity contribution < 1.29 is 0 Å². The van der Waals surface area contributed by atoms with Crippen molar-refractivity contribution in [3.63, 3.8) is 0 Å². The monoisotopic (exact) mass is 235 g/mol. The highest BCUT2D eigenvalue weighted by molar-refractivity contribution is 5.06. The average Bonchev–Trinajstić information content (AvgIpc) is 2.73. The summed E-state index contributed by atoms with van der Waals surface area (Å²) >= 11 is 0. The molecule has 1 heterocycles. The number of unbranched alkanes of at least 4 members (excludes halogenated alkanes) is 8. The lowest BCUT2D eigenvalue weighted by Crippen LogP contribution is -1.93. The maximum Gasteiger partial charge on any atom is 0.0219 e. The Balaban J connectivity index is 1.84. The topological polar surface area (TPSA) is 4.93 Å². The first-order valence-electron chi connectivity index (χ1n) is 7.45. The summed E-state index contributed by atoms with van der Waals surface area (Å²) in [4.78, 5) is 0. The molecule has 17 heavy (non-hydrogen) atoms. The molecule has 1 nitrogen and oxygen atoms in total. The summed E-state index contributed by atoms with van der Waals surface area (Å²) in [5.41, 5.74) is 1.38. The van der Waals surface area contributed by atoms with Crippen molar-refractivity contribution in [3.8, 4) is 0 Å². The Morgan fingerprint density at radius 1 is 0.882 bits per heavy atom. The normalized spacial score (nSPS) is 10.9. The lowest BCUT2D eigenvalue weighted by molar-refractivity contribution is 0.539. The van der Waals surface area contributed by atoms with Gasteiger partial charge in [-0.3, -0.25) is 0 Å². The second-order valence-electron chi connectivity index (χ2n) is 5.26. The molecule has 98 valence electrons. The van der Waals surface area contributed by atoms with Crippen LogP contribution < -0.4 is 0 Å². The van der Waals surface area contributed by atoms with Crippen LogP contribution in [0.15, 0.2) is 18.5 Å². The van der Waals surface area contributed by atoms with Crippen LogP contribution in [-0.4, -0.2) is 4.57 Å². The van der Waals surface area contributed by atoms with E-state index in [9.17, 15) is 0 Å². The summed E-state index contributed by atoms with van der Waals surface area (Å²) in [6.07, 6.45) is 17.1. The molecule has 0 N–H and O–H groups in total. The molecule has 0 saturated carbocycles. The Kier molecular flexibility index (Phi) is 7.87. The Labute approximate surface area is 107 Å². The van der Waals surface area contributed by atoms with Crippen molar-refractivity contribution in [1.29, 1.82) is 0 Å². The Bertz CT molecular complexity index is 275. The van der Waals surface area contributed by atoms with Crippen molar-refractivity contribution >= 4 is 0 Å². The third-order valence-corrected chi connectivity index (χ3v) is 3.42. The minimum atomic E-state index is 1.20. The molecule has 0 aliphatic carbocycles. The molecule has 0 amide bonds. The van der Waals surface area contributed by atoms with Crippen molar-refractivity contribution in [2.45, 2.75) is 78.2 Å². The highest BCUT2D eigenvalue weighted by Crippen LogP contribution is 2.10. The summed E-state index contributed by atoms with van der Waals surface area (Å²) in [6, 6.07) is 2.19. The van der Waals surface area contributed by atoms with E-state index in [0.717, 1.165) is 0 Å². The fourth-order valence-electron chi connectivity index (χ4n) is 2.31. The van der Waals surface area contributed by atoms with Crippen LogP contribution in [0, 0.1) is 6.92 Å². The van der Waals surface area contributed by atoms with Gasteiger partial charge in [-0.15, -0.1) is 0 Å². The van der Waals surface area contributed by atoms with Crippen molar-refractivity contribution in [2.75, 3.05) is 0 Å². The van der Waals surface area contributed by atoms with Gasteiger partial charge in [-0.05, 0) is 25.0 Å². The maximum absolute atomic E-state index is 2.32. The number of rotatable bonds is 10. The molecule has 0 atom stereocenters. The molecular formula is C16H29N. The molecule has 0 aliphatic rings. The SMILES string of the molecule is CCCCCCCCCCCn1ccc(C)c1. The number of nitrogens with zero attached hydrogens (tertiary/aromatic N) is 1. The predicted molar refractivity (Wildman–Crippen MR) is 76.4 cm³/mol. The number of aromatic nitrogens is 1. The van der Waals surface area contributed by atoms with E-state index in [0.29, 0.717) is 0 Å². The summed E-state index contributed by atoms with van der Waals surface area (Å²) in [5, 5.41) is 0. The van der Waals surface area contributed by atoms with Gasteiger partial charge in [0.25, 0.3) is 0 Å². The van der Waals surface area contributed by atoms with Crippen LogP contribution in [0.3, 0.4) is 0 Å². The second kappa shape index (κ2) is 9.32. The molecule has 0 fully saturated rings. The van der Waals surface area contributed by atoms with E-state index in [4.69, 9.17) is 0 Å². The van der Waals surface area contributed by atoms with E-state index in [1.54, 1.807) is 0 Å². The Morgan fingerprint density at radius 2 is 1.47 bits per heavy atom. The van der Waals surface area contributed by atoms with Gasteiger partial charge < -0.3 is 4.57 Å². The maximum atomic E-state index is 2.32. The average molecular weight is 235 g/mol. The number of aryl methyl sites for hydroxylation is 2. The number of hydrogen-bond acceptors (Lipinski definition) is 0. The van der Waals surface area contributed by atoms with Crippen molar-refractivity contribution in [1.82, 2.24) is 4.57 Å². The minimum Gasteiger partial charge on any atom is -0.354 e. The minimum absolute atomic E-state index is 1.20. The van der Waals surface area contributed by atoms with Crippen LogP contribution in [0.5, 0.6) is 0 Å². The second-order valence-corrected chi connectivity index (χ2v) is 5.26. The lowest BCUT2D eigenvalue weighted by atomic mass is 10.1. The largest absolute Gasteiger partial charge is 0.354 e. The molecule has 0 saturated heterocycles. The quantitative estimate of drug-likeness (QED) is 0.483. The first kappa shape index (κ1) is 14.3. The van der Waals surface area contributed by atoms with Gasteiger partial charge in [0.1, 0.15) is 0 Å². The highest BCUT2D eigenvalue weighted by atomic mass is 14.9. The van der Waals surface area contributed by atoms with E-state index in [-0.39, 0.29) is 0 Å². The third kappa shape index (κ3) is 7.25. The van der Waals surface area contributed by atoms with Gasteiger partial charge >= 0.3 is 0 Å². The van der Waals surface area contributed by atoms with Gasteiger partial charge in [0, 0.05) is 18.9 Å². The molecule has 0 bridgehead atoms. The molecule has 1 rings (SSSR count). The fourth-order valence-corrected chi connectivity index (χ4v) is 2.31. The van der Waals surface area contributed by atoms with Crippen LogP contribution in [0.4, 0.5) is 0 Å². The van der Waals surface area contributed by atoms with Crippen LogP contribution in [0.25, 0.3) is 0 Å². The molecule has 1 aromatic heterocycles. The Hall–Kier alpha value is -0.720. The zero-order valence-corrected chi connectivity index (χ0v) is 11.8. The van der Waals surface area contributed by atoms with Gasteiger partial charge in [0.15, 0.2) is 0 Å². The first-order valence-corrected chi connectivity index (χ1v) is 7.45. The Morgan fingerprint density at radius 3 is 2.00 bits per heavy atom. The zero-order chi connectivity index (χ0) is 12.3. The molecular weight excluding hydrogens is 206 g/mol. The van der Waals surface area contributed by atoms with E-state index in [1.165, 1.54) is 69.9 Å². The van der Waals surface area contributed by atoms with E-state index >= 15 is 0 Å².